The number of benzene rings is 2. The molecule has 0 saturated carbocycles. The number of hydrogen-bond acceptors (Lipinski definition) is 4. The molecule has 26 heavy (non-hydrogen) atoms. The predicted molar refractivity (Wildman–Crippen MR) is 108 cm³/mol. The van der Waals surface area contributed by atoms with E-state index in [2.05, 4.69) is 23.5 Å². The summed E-state index contributed by atoms with van der Waals surface area (Å²) in [7, 11) is -2.10. The van der Waals surface area contributed by atoms with Crippen molar-refractivity contribution in [2.75, 3.05) is 29.8 Å². The van der Waals surface area contributed by atoms with Crippen molar-refractivity contribution in [1.82, 2.24) is 0 Å². The maximum atomic E-state index is 12.9. The molecule has 0 amide bonds. The van der Waals surface area contributed by atoms with Crippen molar-refractivity contribution in [3.05, 3.63) is 47.0 Å². The van der Waals surface area contributed by atoms with Gasteiger partial charge in [0, 0.05) is 18.8 Å². The highest BCUT2D eigenvalue weighted by Crippen LogP contribution is 2.29. The Morgan fingerprint density at radius 1 is 0.962 bits per heavy atom. The SMILES string of the molecule is CCN(CC)c1ccc(NS(=O)(=O)c2cc(C)c(OC)cc2C)c(C)c1. The minimum atomic E-state index is -3.68. The monoisotopic (exact) mass is 376 g/mol. The van der Waals surface area contributed by atoms with Crippen LogP contribution in [0.4, 0.5) is 11.4 Å². The molecule has 0 aromatic heterocycles. The summed E-state index contributed by atoms with van der Waals surface area (Å²) in [5.41, 5.74) is 4.01. The van der Waals surface area contributed by atoms with Gasteiger partial charge in [-0.25, -0.2) is 8.42 Å². The number of hydrogen-bond donors (Lipinski definition) is 1. The van der Waals surface area contributed by atoms with Gasteiger partial charge in [0.05, 0.1) is 17.7 Å². The summed E-state index contributed by atoms with van der Waals surface area (Å²) in [5, 5.41) is 0. The smallest absolute Gasteiger partial charge is 0.262 e. The zero-order valence-electron chi connectivity index (χ0n) is 16.4. The van der Waals surface area contributed by atoms with Crippen LogP contribution in [0.1, 0.15) is 30.5 Å². The number of aryl methyl sites for hydroxylation is 3. The van der Waals surface area contributed by atoms with Gasteiger partial charge in [0.15, 0.2) is 0 Å². The number of anilines is 2. The van der Waals surface area contributed by atoms with Crippen molar-refractivity contribution in [2.45, 2.75) is 39.5 Å². The molecule has 0 bridgehead atoms. The maximum Gasteiger partial charge on any atom is 0.262 e. The molecule has 0 radical (unpaired) electrons. The molecule has 0 aliphatic carbocycles. The van der Waals surface area contributed by atoms with Gasteiger partial charge in [-0.05, 0) is 81.6 Å². The Morgan fingerprint density at radius 2 is 1.62 bits per heavy atom. The van der Waals surface area contributed by atoms with Gasteiger partial charge in [0.25, 0.3) is 10.0 Å². The lowest BCUT2D eigenvalue weighted by Crippen LogP contribution is -2.22. The molecular formula is C20H28N2O3S. The second-order valence-electron chi connectivity index (χ2n) is 6.36. The summed E-state index contributed by atoms with van der Waals surface area (Å²) in [6.07, 6.45) is 0. The fourth-order valence-corrected chi connectivity index (χ4v) is 4.46. The molecule has 0 atom stereocenters. The maximum absolute atomic E-state index is 12.9. The van der Waals surface area contributed by atoms with Crippen LogP contribution < -0.4 is 14.4 Å². The van der Waals surface area contributed by atoms with Crippen LogP contribution in [0.2, 0.25) is 0 Å². The van der Waals surface area contributed by atoms with Crippen molar-refractivity contribution in [2.24, 2.45) is 0 Å². The topological polar surface area (TPSA) is 58.6 Å². The molecule has 1 N–H and O–H groups in total. The normalized spacial score (nSPS) is 11.3. The van der Waals surface area contributed by atoms with Crippen LogP contribution in [0.25, 0.3) is 0 Å². The van der Waals surface area contributed by atoms with E-state index in [1.807, 2.05) is 32.0 Å². The molecule has 2 rings (SSSR count). The summed E-state index contributed by atoms with van der Waals surface area (Å²) < 4.78 is 33.8. The number of nitrogens with zero attached hydrogens (tertiary/aromatic N) is 1. The van der Waals surface area contributed by atoms with Gasteiger partial charge in [0.1, 0.15) is 5.75 Å². The van der Waals surface area contributed by atoms with E-state index in [0.717, 1.165) is 29.9 Å². The first-order valence-corrected chi connectivity index (χ1v) is 10.3. The van der Waals surface area contributed by atoms with Crippen LogP contribution >= 0.6 is 0 Å². The molecule has 0 heterocycles. The number of methoxy groups -OCH3 is 1. The summed E-state index contributed by atoms with van der Waals surface area (Å²) in [6, 6.07) is 9.18. The molecule has 6 heteroatoms. The number of nitrogens with one attached hydrogen (secondary N) is 1. The molecule has 0 spiro atoms. The Labute approximate surface area is 157 Å². The highest BCUT2D eigenvalue weighted by atomic mass is 32.2. The van der Waals surface area contributed by atoms with Crippen molar-refractivity contribution in [3.8, 4) is 5.75 Å². The third-order valence-corrected chi connectivity index (χ3v) is 6.07. The average Bonchev–Trinajstić information content (AvgIpc) is 2.59. The molecule has 5 nitrogen and oxygen atoms in total. The van der Waals surface area contributed by atoms with Crippen LogP contribution in [0.15, 0.2) is 35.2 Å². The fraction of sp³-hybridized carbons (Fsp3) is 0.400. The van der Waals surface area contributed by atoms with Crippen LogP contribution in [0.5, 0.6) is 5.75 Å². The first-order valence-electron chi connectivity index (χ1n) is 8.77. The lowest BCUT2D eigenvalue weighted by Gasteiger charge is -2.22. The van der Waals surface area contributed by atoms with Crippen LogP contribution in [0.3, 0.4) is 0 Å². The molecule has 2 aromatic carbocycles. The lowest BCUT2D eigenvalue weighted by molar-refractivity contribution is 0.411. The largest absolute Gasteiger partial charge is 0.496 e. The van der Waals surface area contributed by atoms with Crippen molar-refractivity contribution >= 4 is 21.4 Å². The Kier molecular flexibility index (Phi) is 6.18. The summed E-state index contributed by atoms with van der Waals surface area (Å²) in [5.74, 6) is 0.682. The quantitative estimate of drug-likeness (QED) is 0.784. The zero-order valence-corrected chi connectivity index (χ0v) is 17.2. The second kappa shape index (κ2) is 7.99. The number of rotatable bonds is 7. The van der Waals surface area contributed by atoms with Crippen molar-refractivity contribution in [3.63, 3.8) is 0 Å². The number of ether oxygens (including phenoxy) is 1. The lowest BCUT2D eigenvalue weighted by atomic mass is 10.1. The average molecular weight is 377 g/mol. The third-order valence-electron chi connectivity index (χ3n) is 4.56. The van der Waals surface area contributed by atoms with Crippen molar-refractivity contribution in [1.29, 1.82) is 0 Å². The van der Waals surface area contributed by atoms with E-state index in [-0.39, 0.29) is 4.90 Å². The molecule has 0 saturated heterocycles. The van der Waals surface area contributed by atoms with E-state index in [0.29, 0.717) is 17.0 Å². The molecule has 0 aliphatic heterocycles. The minimum Gasteiger partial charge on any atom is -0.496 e. The van der Waals surface area contributed by atoms with Crippen LogP contribution in [-0.2, 0) is 10.0 Å². The Balaban J connectivity index is 2.37. The summed E-state index contributed by atoms with van der Waals surface area (Å²) >= 11 is 0. The number of sulfonamides is 1. The second-order valence-corrected chi connectivity index (χ2v) is 8.02. The standard InChI is InChI=1S/C20H28N2O3S/c1-7-22(8-2)17-9-10-18(14(3)11-17)21-26(23,24)20-13-15(4)19(25-6)12-16(20)5/h9-13,21H,7-8H2,1-6H3. The van der Waals surface area contributed by atoms with Gasteiger partial charge in [-0.15, -0.1) is 0 Å². The van der Waals surface area contributed by atoms with Crippen LogP contribution in [0, 0.1) is 20.8 Å². The van der Waals surface area contributed by atoms with E-state index in [1.54, 1.807) is 26.2 Å². The van der Waals surface area contributed by atoms with Gasteiger partial charge in [-0.2, -0.15) is 0 Å². The van der Waals surface area contributed by atoms with Gasteiger partial charge in [-0.3, -0.25) is 4.72 Å². The Bertz CT molecular complexity index is 888. The van der Waals surface area contributed by atoms with E-state index in [1.165, 1.54) is 0 Å². The van der Waals surface area contributed by atoms with Crippen LogP contribution in [-0.4, -0.2) is 28.6 Å². The highest BCUT2D eigenvalue weighted by Gasteiger charge is 2.20. The van der Waals surface area contributed by atoms with Gasteiger partial charge in [-0.1, -0.05) is 0 Å². The molecule has 0 fully saturated rings. The van der Waals surface area contributed by atoms with Gasteiger partial charge >= 0.3 is 0 Å². The highest BCUT2D eigenvalue weighted by molar-refractivity contribution is 7.92. The summed E-state index contributed by atoms with van der Waals surface area (Å²) in [6.45, 7) is 11.5. The fourth-order valence-electron chi connectivity index (χ4n) is 3.02. The molecule has 142 valence electrons. The summed E-state index contributed by atoms with van der Waals surface area (Å²) in [4.78, 5) is 2.49. The van der Waals surface area contributed by atoms with E-state index in [4.69, 9.17) is 4.74 Å². The zero-order chi connectivity index (χ0) is 19.5. The molecular weight excluding hydrogens is 348 g/mol. The molecule has 2 aromatic rings. The third kappa shape index (κ3) is 4.12. The first kappa shape index (κ1) is 20.1. The first-order chi connectivity index (χ1) is 12.2. The van der Waals surface area contributed by atoms with Gasteiger partial charge < -0.3 is 9.64 Å². The van der Waals surface area contributed by atoms with E-state index < -0.39 is 10.0 Å². The van der Waals surface area contributed by atoms with E-state index >= 15 is 0 Å². The molecule has 0 unspecified atom stereocenters. The predicted octanol–water partition coefficient (Wildman–Crippen LogP) is 4.27. The molecule has 0 aliphatic rings. The van der Waals surface area contributed by atoms with Gasteiger partial charge in [0.2, 0.25) is 0 Å². The van der Waals surface area contributed by atoms with E-state index in [9.17, 15) is 8.42 Å². The Morgan fingerprint density at radius 3 is 2.15 bits per heavy atom. The Hall–Kier alpha value is -2.21. The minimum absolute atomic E-state index is 0.267. The van der Waals surface area contributed by atoms with Crippen molar-refractivity contribution < 1.29 is 13.2 Å².